The van der Waals surface area contributed by atoms with Crippen molar-refractivity contribution >= 4 is 33.0 Å². The fourth-order valence-corrected chi connectivity index (χ4v) is 5.97. The first kappa shape index (κ1) is 22.1. The second-order valence-electron chi connectivity index (χ2n) is 11.5. The van der Waals surface area contributed by atoms with Gasteiger partial charge in [-0.1, -0.05) is 93.9 Å². The highest BCUT2D eigenvalue weighted by Gasteiger charge is 2.22. The highest BCUT2D eigenvalue weighted by atomic mass is 16.3. The lowest BCUT2D eigenvalue weighted by molar-refractivity contribution is 0.669. The molecule has 0 aliphatic carbocycles. The van der Waals surface area contributed by atoms with Crippen molar-refractivity contribution < 1.29 is 8.53 Å². The van der Waals surface area contributed by atoms with Crippen molar-refractivity contribution in [1.29, 1.82) is 0 Å². The van der Waals surface area contributed by atoms with Gasteiger partial charge in [0.1, 0.15) is 17.0 Å². The van der Waals surface area contributed by atoms with E-state index in [1.165, 1.54) is 16.8 Å². The molecule has 7 rings (SSSR count). The molecule has 202 valence electrons. The predicted octanol–water partition coefficient (Wildman–Crippen LogP) is 10.8. The molecule has 3 nitrogen and oxygen atoms in total. The van der Waals surface area contributed by atoms with E-state index in [1.807, 2.05) is 36.4 Å². The molecule has 0 spiro atoms. The van der Waals surface area contributed by atoms with Crippen molar-refractivity contribution in [1.82, 2.24) is 9.55 Å². The van der Waals surface area contributed by atoms with Crippen LogP contribution in [0.25, 0.3) is 61.2 Å². The number of imidazole rings is 1. The molecule has 0 aliphatic rings. The van der Waals surface area contributed by atoms with Crippen LogP contribution in [0.1, 0.15) is 60.3 Å². The maximum Gasteiger partial charge on any atom is 0.145 e. The van der Waals surface area contributed by atoms with E-state index in [1.54, 1.807) is 12.1 Å². The van der Waals surface area contributed by atoms with Crippen LogP contribution < -0.4 is 0 Å². The van der Waals surface area contributed by atoms with Crippen molar-refractivity contribution in [3.8, 4) is 28.2 Å². The average Bonchev–Trinajstić information content (AvgIpc) is 3.58. The summed E-state index contributed by atoms with van der Waals surface area (Å²) < 4.78 is 31.7. The van der Waals surface area contributed by atoms with Crippen LogP contribution in [0.5, 0.6) is 0 Å². The minimum atomic E-state index is -2.12. The van der Waals surface area contributed by atoms with Gasteiger partial charge in [0.2, 0.25) is 0 Å². The number of furan rings is 1. The number of hydrogen-bond donors (Lipinski definition) is 0. The Morgan fingerprint density at radius 2 is 1.27 bits per heavy atom. The fraction of sp³-hybridized carbons (Fsp3) is 0.184. The normalized spacial score (nSPS) is 13.4. The third kappa shape index (κ3) is 4.24. The first-order valence-corrected chi connectivity index (χ1v) is 14.3. The summed E-state index contributed by atoms with van der Waals surface area (Å²) >= 11 is 0. The van der Waals surface area contributed by atoms with Gasteiger partial charge in [-0.2, -0.15) is 0 Å². The summed E-state index contributed by atoms with van der Waals surface area (Å²) in [6, 6.07) is 34.6. The highest BCUT2D eigenvalue weighted by Crippen LogP contribution is 2.39. The second-order valence-corrected chi connectivity index (χ2v) is 11.5. The van der Waals surface area contributed by atoms with Gasteiger partial charge in [0.15, 0.2) is 0 Å². The summed E-state index contributed by atoms with van der Waals surface area (Å²) in [5.41, 5.74) is 10.8. The number of aryl methyl sites for hydroxylation is 1. The summed E-state index contributed by atoms with van der Waals surface area (Å²) in [6.07, 6.45) is 0. The summed E-state index contributed by atoms with van der Waals surface area (Å²) in [7, 11) is 0. The summed E-state index contributed by atoms with van der Waals surface area (Å²) in [5.74, 6) is 1.57. The first-order chi connectivity index (χ1) is 21.1. The number of aromatic nitrogens is 2. The van der Waals surface area contributed by atoms with Crippen LogP contribution in [0.15, 0.2) is 108 Å². The van der Waals surface area contributed by atoms with Gasteiger partial charge in [0, 0.05) is 20.4 Å². The van der Waals surface area contributed by atoms with Crippen LogP contribution in [-0.2, 0) is 0 Å². The first-order valence-electron chi connectivity index (χ1n) is 15.8. The molecular weight excluding hydrogens is 500 g/mol. The molecule has 0 N–H and O–H groups in total. The maximum absolute atomic E-state index is 7.70. The molecule has 3 heteroatoms. The molecule has 0 saturated carbocycles. The van der Waals surface area contributed by atoms with Gasteiger partial charge in [-0.05, 0) is 83.4 Å². The number of hydrogen-bond acceptors (Lipinski definition) is 2. The molecule has 0 amide bonds. The molecular formula is C38H34N2O. The zero-order valence-corrected chi connectivity index (χ0v) is 23.8. The molecule has 0 bridgehead atoms. The van der Waals surface area contributed by atoms with Crippen molar-refractivity contribution in [3.05, 3.63) is 120 Å². The lowest BCUT2D eigenvalue weighted by Crippen LogP contribution is -2.08. The highest BCUT2D eigenvalue weighted by molar-refractivity contribution is 6.07. The smallest absolute Gasteiger partial charge is 0.145 e. The van der Waals surface area contributed by atoms with Gasteiger partial charge in [0.25, 0.3) is 0 Å². The van der Waals surface area contributed by atoms with Crippen LogP contribution in [-0.4, -0.2) is 9.55 Å². The van der Waals surface area contributed by atoms with Crippen molar-refractivity contribution in [2.24, 2.45) is 0 Å². The molecule has 0 fully saturated rings. The van der Waals surface area contributed by atoms with Crippen LogP contribution >= 0.6 is 0 Å². The van der Waals surface area contributed by atoms with E-state index >= 15 is 0 Å². The van der Waals surface area contributed by atoms with E-state index in [0.29, 0.717) is 17.4 Å². The van der Waals surface area contributed by atoms with Gasteiger partial charge < -0.3 is 4.42 Å². The lowest BCUT2D eigenvalue weighted by atomic mass is 9.92. The minimum absolute atomic E-state index is 0.336. The summed E-state index contributed by atoms with van der Waals surface area (Å²) in [6.45, 7) is 6.88. The van der Waals surface area contributed by atoms with Crippen molar-refractivity contribution in [2.75, 3.05) is 0 Å². The van der Waals surface area contributed by atoms with Crippen LogP contribution in [0, 0.1) is 6.85 Å². The van der Waals surface area contributed by atoms with Crippen LogP contribution in [0.2, 0.25) is 0 Å². The molecule has 5 aromatic carbocycles. The zero-order valence-electron chi connectivity index (χ0n) is 26.8. The SMILES string of the molecule is [2H]C([2H])([2H])c1ccc(-c2ccc3oc4ccc(-c5nc6ccccc6n5-c5c(C(C)C)cccc5C(C)C)cc4c3c2)cc1. The third-order valence-electron chi connectivity index (χ3n) is 8.07. The zero-order chi connectivity index (χ0) is 30.7. The van der Waals surface area contributed by atoms with E-state index in [9.17, 15) is 0 Å². The van der Waals surface area contributed by atoms with E-state index in [2.05, 4.69) is 86.9 Å². The summed E-state index contributed by atoms with van der Waals surface area (Å²) in [4.78, 5) is 5.21. The Hall–Kier alpha value is -4.63. The number of benzene rings is 5. The maximum atomic E-state index is 7.70. The Morgan fingerprint density at radius 3 is 1.93 bits per heavy atom. The monoisotopic (exact) mass is 537 g/mol. The average molecular weight is 538 g/mol. The fourth-order valence-electron chi connectivity index (χ4n) is 5.97. The number of fused-ring (bicyclic) bond motifs is 4. The molecule has 7 aromatic rings. The van der Waals surface area contributed by atoms with Gasteiger partial charge in [-0.3, -0.25) is 4.57 Å². The largest absolute Gasteiger partial charge is 0.456 e. The second kappa shape index (κ2) is 9.78. The standard InChI is InChI=1S/C38H34N2O/c1-23(2)29-9-8-10-30(24(3)4)37(29)40-34-12-7-6-11-33(34)39-38(40)28-18-20-36-32(22-28)31-21-27(17-19-35(31)41-36)26-15-13-25(5)14-16-26/h6-24H,1-5H3/i5D3. The van der Waals surface area contributed by atoms with Gasteiger partial charge >= 0.3 is 0 Å². The Bertz CT molecular complexity index is 2140. The number of nitrogens with zero attached hydrogens (tertiary/aromatic N) is 2. The van der Waals surface area contributed by atoms with E-state index in [0.717, 1.165) is 55.5 Å². The van der Waals surface area contributed by atoms with Gasteiger partial charge in [-0.15, -0.1) is 0 Å². The molecule has 0 atom stereocenters. The Kier molecular flexibility index (Phi) is 5.27. The van der Waals surface area contributed by atoms with Crippen LogP contribution in [0.3, 0.4) is 0 Å². The quantitative estimate of drug-likeness (QED) is 0.219. The molecule has 0 radical (unpaired) electrons. The number of rotatable bonds is 5. The molecule has 0 saturated heterocycles. The Labute approximate surface area is 245 Å². The Balaban J connectivity index is 1.44. The molecule has 0 unspecified atom stereocenters. The van der Waals surface area contributed by atoms with E-state index in [-0.39, 0.29) is 0 Å². The van der Waals surface area contributed by atoms with Crippen LogP contribution in [0.4, 0.5) is 0 Å². The van der Waals surface area contributed by atoms with E-state index < -0.39 is 6.85 Å². The molecule has 0 aliphatic heterocycles. The topological polar surface area (TPSA) is 31.0 Å². The Morgan fingerprint density at radius 1 is 0.659 bits per heavy atom. The third-order valence-corrected chi connectivity index (χ3v) is 8.07. The van der Waals surface area contributed by atoms with Gasteiger partial charge in [0.05, 0.1) is 16.7 Å². The van der Waals surface area contributed by atoms with Gasteiger partial charge in [-0.25, -0.2) is 4.98 Å². The lowest BCUT2D eigenvalue weighted by Gasteiger charge is -2.22. The minimum Gasteiger partial charge on any atom is -0.456 e. The predicted molar refractivity (Wildman–Crippen MR) is 172 cm³/mol. The van der Waals surface area contributed by atoms with Crippen molar-refractivity contribution in [2.45, 2.75) is 46.4 Å². The number of para-hydroxylation sites is 3. The summed E-state index contributed by atoms with van der Waals surface area (Å²) in [5, 5.41) is 2.02. The van der Waals surface area contributed by atoms with E-state index in [4.69, 9.17) is 13.5 Å². The molecule has 41 heavy (non-hydrogen) atoms. The molecule has 2 aromatic heterocycles. The molecule has 2 heterocycles. The van der Waals surface area contributed by atoms with Crippen molar-refractivity contribution in [3.63, 3.8) is 0 Å².